The van der Waals surface area contributed by atoms with Crippen LogP contribution in [0.2, 0.25) is 0 Å². The molecule has 2 rings (SSSR count). The van der Waals surface area contributed by atoms with E-state index >= 15 is 0 Å². The maximum atomic E-state index is 12.0. The molecule has 100 valence electrons. The van der Waals surface area contributed by atoms with Crippen molar-refractivity contribution in [2.24, 2.45) is 5.92 Å². The van der Waals surface area contributed by atoms with Gasteiger partial charge < -0.3 is 9.64 Å². The molecule has 1 aliphatic rings. The summed E-state index contributed by atoms with van der Waals surface area (Å²) >= 11 is 1.73. The number of thiophene rings is 1. The molecule has 0 spiro atoms. The number of rotatable bonds is 5. The average Bonchev–Trinajstić information content (AvgIpc) is 2.90. The van der Waals surface area contributed by atoms with Gasteiger partial charge in [0, 0.05) is 38.1 Å². The molecule has 1 saturated heterocycles. The first-order chi connectivity index (χ1) is 8.75. The highest BCUT2D eigenvalue weighted by atomic mass is 32.1. The lowest BCUT2D eigenvalue weighted by Gasteiger charge is -2.27. The van der Waals surface area contributed by atoms with Crippen molar-refractivity contribution in [3.63, 3.8) is 0 Å². The summed E-state index contributed by atoms with van der Waals surface area (Å²) in [4.78, 5) is 15.2. The van der Waals surface area contributed by atoms with Gasteiger partial charge in [0.25, 0.3) is 0 Å². The lowest BCUT2D eigenvalue weighted by Crippen LogP contribution is -2.34. The standard InChI is InChI=1S/C14H21NO2S/c1-15(11-12-6-8-17-9-7-12)14(16)5-4-13-3-2-10-18-13/h2-3,10,12H,4-9,11H2,1H3. The number of amides is 1. The Hall–Kier alpha value is -0.870. The summed E-state index contributed by atoms with van der Waals surface area (Å²) in [6.45, 7) is 2.58. The van der Waals surface area contributed by atoms with Gasteiger partial charge in [-0.05, 0) is 36.6 Å². The molecule has 0 aromatic carbocycles. The summed E-state index contributed by atoms with van der Waals surface area (Å²) in [6.07, 6.45) is 3.67. The van der Waals surface area contributed by atoms with E-state index in [2.05, 4.69) is 11.4 Å². The Balaban J connectivity index is 1.70. The van der Waals surface area contributed by atoms with E-state index in [1.807, 2.05) is 18.0 Å². The van der Waals surface area contributed by atoms with Crippen LogP contribution in [0.15, 0.2) is 17.5 Å². The Morgan fingerprint density at radius 3 is 2.94 bits per heavy atom. The third-order valence-corrected chi connectivity index (χ3v) is 4.40. The van der Waals surface area contributed by atoms with Gasteiger partial charge in [0.2, 0.25) is 5.91 Å². The largest absolute Gasteiger partial charge is 0.381 e. The van der Waals surface area contributed by atoms with Gasteiger partial charge >= 0.3 is 0 Å². The zero-order chi connectivity index (χ0) is 12.8. The molecule has 3 nitrogen and oxygen atoms in total. The van der Waals surface area contributed by atoms with Crippen LogP contribution in [0.25, 0.3) is 0 Å². The van der Waals surface area contributed by atoms with Crippen LogP contribution in [0, 0.1) is 5.92 Å². The fourth-order valence-corrected chi connectivity index (χ4v) is 3.00. The first kappa shape index (κ1) is 13.6. The smallest absolute Gasteiger partial charge is 0.222 e. The van der Waals surface area contributed by atoms with E-state index in [-0.39, 0.29) is 5.91 Å². The van der Waals surface area contributed by atoms with Crippen LogP contribution in [0.3, 0.4) is 0 Å². The van der Waals surface area contributed by atoms with Gasteiger partial charge in [0.1, 0.15) is 0 Å². The maximum Gasteiger partial charge on any atom is 0.222 e. The molecule has 1 aliphatic heterocycles. The van der Waals surface area contributed by atoms with Crippen molar-refractivity contribution in [3.8, 4) is 0 Å². The summed E-state index contributed by atoms with van der Waals surface area (Å²) < 4.78 is 5.34. The second kappa shape index (κ2) is 6.90. The van der Waals surface area contributed by atoms with E-state index in [0.717, 1.165) is 39.0 Å². The molecule has 0 N–H and O–H groups in total. The predicted molar refractivity (Wildman–Crippen MR) is 73.8 cm³/mol. The Bertz CT molecular complexity index is 358. The van der Waals surface area contributed by atoms with Crippen LogP contribution in [0.5, 0.6) is 0 Å². The molecule has 0 unspecified atom stereocenters. The van der Waals surface area contributed by atoms with Gasteiger partial charge in [0.05, 0.1) is 0 Å². The molecular weight excluding hydrogens is 246 g/mol. The zero-order valence-electron chi connectivity index (χ0n) is 10.9. The molecule has 0 saturated carbocycles. The molecule has 0 aliphatic carbocycles. The number of hydrogen-bond acceptors (Lipinski definition) is 3. The number of aryl methyl sites for hydroxylation is 1. The highest BCUT2D eigenvalue weighted by Gasteiger charge is 2.18. The molecule has 18 heavy (non-hydrogen) atoms. The maximum absolute atomic E-state index is 12.0. The minimum Gasteiger partial charge on any atom is -0.381 e. The SMILES string of the molecule is CN(CC1CCOCC1)C(=O)CCc1cccs1. The molecule has 1 fully saturated rings. The summed E-state index contributed by atoms with van der Waals surface area (Å²) in [7, 11) is 1.92. The Kier molecular flexibility index (Phi) is 5.20. The third-order valence-electron chi connectivity index (χ3n) is 3.46. The summed E-state index contributed by atoms with van der Waals surface area (Å²) in [6, 6.07) is 4.13. The number of ether oxygens (including phenoxy) is 1. The van der Waals surface area contributed by atoms with Crippen LogP contribution in [-0.4, -0.2) is 37.6 Å². The Labute approximate surface area is 113 Å². The first-order valence-corrected chi connectivity index (χ1v) is 7.48. The summed E-state index contributed by atoms with van der Waals surface area (Å²) in [5.74, 6) is 0.879. The minimum absolute atomic E-state index is 0.259. The van der Waals surface area contributed by atoms with E-state index in [0.29, 0.717) is 12.3 Å². The van der Waals surface area contributed by atoms with Crippen molar-refractivity contribution < 1.29 is 9.53 Å². The van der Waals surface area contributed by atoms with Gasteiger partial charge in [-0.1, -0.05) is 6.07 Å². The van der Waals surface area contributed by atoms with E-state index in [1.54, 1.807) is 11.3 Å². The first-order valence-electron chi connectivity index (χ1n) is 6.60. The molecule has 1 amide bonds. The Morgan fingerprint density at radius 2 is 2.28 bits per heavy atom. The average molecular weight is 267 g/mol. The van der Waals surface area contributed by atoms with E-state index < -0.39 is 0 Å². The zero-order valence-corrected chi connectivity index (χ0v) is 11.7. The number of hydrogen-bond donors (Lipinski definition) is 0. The van der Waals surface area contributed by atoms with Crippen LogP contribution >= 0.6 is 11.3 Å². The fourth-order valence-electron chi connectivity index (χ4n) is 2.29. The lowest BCUT2D eigenvalue weighted by molar-refractivity contribution is -0.130. The quantitative estimate of drug-likeness (QED) is 0.820. The number of nitrogens with zero attached hydrogens (tertiary/aromatic N) is 1. The van der Waals surface area contributed by atoms with Crippen LogP contribution < -0.4 is 0 Å². The van der Waals surface area contributed by atoms with Gasteiger partial charge in [-0.3, -0.25) is 4.79 Å². The number of carbonyl (C=O) groups is 1. The highest BCUT2D eigenvalue weighted by molar-refractivity contribution is 7.09. The fraction of sp³-hybridized carbons (Fsp3) is 0.643. The van der Waals surface area contributed by atoms with Crippen molar-refractivity contribution in [1.29, 1.82) is 0 Å². The van der Waals surface area contributed by atoms with Gasteiger partial charge in [-0.15, -0.1) is 11.3 Å². The van der Waals surface area contributed by atoms with Crippen molar-refractivity contribution in [3.05, 3.63) is 22.4 Å². The van der Waals surface area contributed by atoms with Crippen LogP contribution in [0.4, 0.5) is 0 Å². The van der Waals surface area contributed by atoms with Crippen LogP contribution in [0.1, 0.15) is 24.1 Å². The van der Waals surface area contributed by atoms with Crippen molar-refractivity contribution in [1.82, 2.24) is 4.90 Å². The Morgan fingerprint density at radius 1 is 1.50 bits per heavy atom. The van der Waals surface area contributed by atoms with Crippen LogP contribution in [-0.2, 0) is 16.0 Å². The molecule has 1 aromatic rings. The second-order valence-corrected chi connectivity index (χ2v) is 5.94. The predicted octanol–water partition coefficient (Wildman–Crippen LogP) is 2.57. The lowest BCUT2D eigenvalue weighted by atomic mass is 10.00. The van der Waals surface area contributed by atoms with Crippen molar-refractivity contribution in [2.75, 3.05) is 26.8 Å². The molecule has 1 aromatic heterocycles. The third kappa shape index (κ3) is 4.10. The molecule has 0 atom stereocenters. The monoisotopic (exact) mass is 267 g/mol. The molecular formula is C14H21NO2S. The summed E-state index contributed by atoms with van der Waals surface area (Å²) in [5, 5.41) is 2.06. The summed E-state index contributed by atoms with van der Waals surface area (Å²) in [5.41, 5.74) is 0. The molecule has 0 radical (unpaired) electrons. The second-order valence-electron chi connectivity index (χ2n) is 4.91. The van der Waals surface area contributed by atoms with Crippen molar-refractivity contribution >= 4 is 17.2 Å². The van der Waals surface area contributed by atoms with Gasteiger partial charge in [0.15, 0.2) is 0 Å². The van der Waals surface area contributed by atoms with Gasteiger partial charge in [-0.25, -0.2) is 0 Å². The van der Waals surface area contributed by atoms with Crippen molar-refractivity contribution in [2.45, 2.75) is 25.7 Å². The minimum atomic E-state index is 0.259. The van der Waals surface area contributed by atoms with E-state index in [9.17, 15) is 4.79 Å². The normalized spacial score (nSPS) is 16.7. The highest BCUT2D eigenvalue weighted by Crippen LogP contribution is 2.16. The topological polar surface area (TPSA) is 29.5 Å². The van der Waals surface area contributed by atoms with E-state index in [1.165, 1.54) is 4.88 Å². The van der Waals surface area contributed by atoms with E-state index in [4.69, 9.17) is 4.74 Å². The molecule has 0 bridgehead atoms. The molecule has 2 heterocycles. The molecule has 4 heteroatoms. The van der Waals surface area contributed by atoms with Gasteiger partial charge in [-0.2, -0.15) is 0 Å². The number of carbonyl (C=O) groups excluding carboxylic acids is 1.